The Bertz CT molecular complexity index is 841. The zero-order valence-electron chi connectivity index (χ0n) is 13.0. The number of fused-ring (bicyclic) bond motifs is 3. The summed E-state index contributed by atoms with van der Waals surface area (Å²) in [4.78, 5) is 8.55. The first kappa shape index (κ1) is 13.9. The summed E-state index contributed by atoms with van der Waals surface area (Å²) in [6, 6.07) is 0.899. The van der Waals surface area contributed by atoms with Crippen molar-refractivity contribution in [2.24, 2.45) is 5.92 Å². The normalized spacial score (nSPS) is 23.9. The van der Waals surface area contributed by atoms with Crippen molar-refractivity contribution in [3.05, 3.63) is 47.5 Å². The Kier molecular flexibility index (Phi) is 3.03. The molecule has 5 rings (SSSR count). The Morgan fingerprint density at radius 3 is 3.04 bits per heavy atom. The van der Waals surface area contributed by atoms with Crippen LogP contribution in [0.25, 0.3) is 11.6 Å². The highest BCUT2D eigenvalue weighted by Gasteiger charge is 2.38. The fraction of sp³-hybridized carbons (Fsp3) is 0.294. The van der Waals surface area contributed by atoms with E-state index in [0.717, 1.165) is 36.1 Å². The molecular formula is C17H16BN3O3. The largest absolute Gasteiger partial charge is 0.552 e. The molecule has 1 saturated carbocycles. The number of anilines is 1. The Balaban J connectivity index is 1.41. The Hall–Kier alpha value is -2.54. The predicted octanol–water partition coefficient (Wildman–Crippen LogP) is 2.33. The first-order valence-electron chi connectivity index (χ1n) is 8.19. The molecule has 2 aromatic rings. The van der Waals surface area contributed by atoms with E-state index in [4.69, 9.17) is 9.07 Å². The minimum atomic E-state index is -0.906. The highest BCUT2D eigenvalue weighted by atomic mass is 16.5. The number of oxazole rings is 1. The maximum atomic E-state index is 10.0. The number of allylic oxidation sites excluding steroid dienone is 2. The summed E-state index contributed by atoms with van der Waals surface area (Å²) in [6.07, 6.45) is 12.0. The van der Waals surface area contributed by atoms with E-state index in [1.165, 1.54) is 5.57 Å². The number of pyridine rings is 1. The summed E-state index contributed by atoms with van der Waals surface area (Å²) in [5.74, 6) is 2.89. The number of hydrogen-bond donors (Lipinski definition) is 2. The van der Waals surface area contributed by atoms with Gasteiger partial charge < -0.3 is 19.4 Å². The van der Waals surface area contributed by atoms with Crippen molar-refractivity contribution in [2.75, 3.05) is 5.32 Å². The molecule has 3 aliphatic rings. The van der Waals surface area contributed by atoms with Crippen LogP contribution in [0.2, 0.25) is 0 Å². The van der Waals surface area contributed by atoms with Crippen LogP contribution < -0.4 is 9.97 Å². The van der Waals surface area contributed by atoms with Gasteiger partial charge in [-0.3, -0.25) is 4.98 Å². The molecule has 0 bridgehead atoms. The summed E-state index contributed by atoms with van der Waals surface area (Å²) in [5.41, 5.74) is 4.47. The van der Waals surface area contributed by atoms with Gasteiger partial charge in [0, 0.05) is 23.6 Å². The highest BCUT2D eigenvalue weighted by Crippen LogP contribution is 2.47. The number of rotatable bonds is 3. The van der Waals surface area contributed by atoms with Gasteiger partial charge in [-0.25, -0.2) is 4.98 Å². The molecule has 3 heterocycles. The van der Waals surface area contributed by atoms with Gasteiger partial charge in [0.15, 0.2) is 0 Å². The van der Waals surface area contributed by atoms with Crippen molar-refractivity contribution in [1.29, 1.82) is 0 Å². The first-order valence-corrected chi connectivity index (χ1v) is 8.19. The second-order valence-corrected chi connectivity index (χ2v) is 6.44. The van der Waals surface area contributed by atoms with Gasteiger partial charge in [0.05, 0.1) is 18.1 Å². The van der Waals surface area contributed by atoms with Crippen molar-refractivity contribution < 1.29 is 14.1 Å². The van der Waals surface area contributed by atoms with Gasteiger partial charge in [-0.1, -0.05) is 12.2 Å². The molecule has 6 nitrogen and oxygen atoms in total. The molecule has 0 unspecified atom stereocenters. The van der Waals surface area contributed by atoms with Gasteiger partial charge in [0.2, 0.25) is 0 Å². The average Bonchev–Trinajstić information content (AvgIpc) is 3.20. The molecule has 120 valence electrons. The predicted molar refractivity (Wildman–Crippen MR) is 90.2 cm³/mol. The fourth-order valence-electron chi connectivity index (χ4n) is 3.77. The van der Waals surface area contributed by atoms with Gasteiger partial charge in [0.25, 0.3) is 6.01 Å². The summed E-state index contributed by atoms with van der Waals surface area (Å²) in [6.45, 7) is 0. The highest BCUT2D eigenvalue weighted by molar-refractivity contribution is 6.52. The Labute approximate surface area is 139 Å². The number of nitrogens with one attached hydrogen (secondary N) is 1. The smallest absolute Gasteiger partial charge is 0.531 e. The molecule has 24 heavy (non-hydrogen) atoms. The van der Waals surface area contributed by atoms with E-state index in [-0.39, 0.29) is 0 Å². The first-order chi connectivity index (χ1) is 11.8. The van der Waals surface area contributed by atoms with Crippen molar-refractivity contribution in [3.63, 3.8) is 0 Å². The van der Waals surface area contributed by atoms with Crippen LogP contribution in [-0.2, 0) is 6.42 Å². The lowest BCUT2D eigenvalue weighted by atomic mass is 9.68. The number of hydrogen-bond acceptors (Lipinski definition) is 6. The summed E-state index contributed by atoms with van der Waals surface area (Å²) >= 11 is 0. The second-order valence-electron chi connectivity index (χ2n) is 6.44. The molecule has 2 aromatic heterocycles. The molecule has 0 radical (unpaired) electrons. The maximum absolute atomic E-state index is 10.0. The molecule has 7 heteroatoms. The standard InChI is InChI=1S/C17H16BN3O3/c22-18-8-13(10-6-11(7-10)21-17-19-4-5-23-17)16-12-2-1-3-14(12)20-9-15(16)24-18/h1-2,4-5,8-11,22H,3,6-7H2,(H,19,21). The monoisotopic (exact) mass is 321 g/mol. The minimum absolute atomic E-state index is 0.336. The molecule has 2 aliphatic carbocycles. The summed E-state index contributed by atoms with van der Waals surface area (Å²) in [5, 5.41) is 13.3. The van der Waals surface area contributed by atoms with Crippen molar-refractivity contribution in [3.8, 4) is 5.75 Å². The van der Waals surface area contributed by atoms with E-state index in [0.29, 0.717) is 23.7 Å². The molecule has 0 spiro atoms. The lowest BCUT2D eigenvalue weighted by molar-refractivity contribution is 0.345. The molecular weight excluding hydrogens is 305 g/mol. The van der Waals surface area contributed by atoms with E-state index < -0.39 is 7.12 Å². The van der Waals surface area contributed by atoms with Crippen LogP contribution in [0.1, 0.15) is 29.7 Å². The van der Waals surface area contributed by atoms with Crippen molar-refractivity contribution in [1.82, 2.24) is 9.97 Å². The maximum Gasteiger partial charge on any atom is 0.552 e. The van der Waals surface area contributed by atoms with E-state index in [1.54, 1.807) is 18.7 Å². The SMILES string of the molecule is OB1C=C(C2CC(Nc3ncco3)C2)c2c(cnc3c2C=CC3)O1. The lowest BCUT2D eigenvalue weighted by Crippen LogP contribution is -2.38. The van der Waals surface area contributed by atoms with Crippen LogP contribution in [0.15, 0.2) is 35.1 Å². The van der Waals surface area contributed by atoms with Crippen molar-refractivity contribution >= 4 is 24.8 Å². The quantitative estimate of drug-likeness (QED) is 0.845. The van der Waals surface area contributed by atoms with E-state index >= 15 is 0 Å². The van der Waals surface area contributed by atoms with Crippen LogP contribution in [0, 0.1) is 5.92 Å². The minimum Gasteiger partial charge on any atom is -0.531 e. The van der Waals surface area contributed by atoms with E-state index in [2.05, 4.69) is 27.4 Å². The van der Waals surface area contributed by atoms with Gasteiger partial charge in [-0.15, -0.1) is 0 Å². The number of nitrogens with zero attached hydrogens (tertiary/aromatic N) is 2. The summed E-state index contributed by atoms with van der Waals surface area (Å²) in [7, 11) is -0.906. The Morgan fingerprint density at radius 2 is 2.21 bits per heavy atom. The Morgan fingerprint density at radius 1 is 1.29 bits per heavy atom. The van der Waals surface area contributed by atoms with Crippen LogP contribution in [-0.4, -0.2) is 28.2 Å². The van der Waals surface area contributed by atoms with Crippen molar-refractivity contribution in [2.45, 2.75) is 25.3 Å². The third kappa shape index (κ3) is 2.16. The number of aromatic nitrogens is 2. The molecule has 2 N–H and O–H groups in total. The van der Waals surface area contributed by atoms with Gasteiger partial charge in [0.1, 0.15) is 12.0 Å². The third-order valence-electron chi connectivity index (χ3n) is 4.96. The molecule has 1 fully saturated rings. The second kappa shape index (κ2) is 5.24. The van der Waals surface area contributed by atoms with Crippen LogP contribution in [0.5, 0.6) is 5.75 Å². The lowest BCUT2D eigenvalue weighted by Gasteiger charge is -2.39. The molecule has 0 aromatic carbocycles. The van der Waals surface area contributed by atoms with Gasteiger partial charge in [-0.05, 0) is 30.3 Å². The average molecular weight is 321 g/mol. The molecule has 1 aliphatic heterocycles. The van der Waals surface area contributed by atoms with Gasteiger partial charge >= 0.3 is 7.12 Å². The van der Waals surface area contributed by atoms with Crippen LogP contribution in [0.3, 0.4) is 0 Å². The summed E-state index contributed by atoms with van der Waals surface area (Å²) < 4.78 is 10.8. The van der Waals surface area contributed by atoms with Crippen LogP contribution in [0.4, 0.5) is 6.01 Å². The zero-order valence-corrected chi connectivity index (χ0v) is 13.0. The third-order valence-corrected chi connectivity index (χ3v) is 4.96. The van der Waals surface area contributed by atoms with E-state index in [1.807, 2.05) is 5.98 Å². The van der Waals surface area contributed by atoms with Crippen LogP contribution >= 0.6 is 0 Å². The zero-order chi connectivity index (χ0) is 16.1. The fourth-order valence-corrected chi connectivity index (χ4v) is 3.77. The van der Waals surface area contributed by atoms with E-state index in [9.17, 15) is 5.02 Å². The van der Waals surface area contributed by atoms with Gasteiger partial charge in [-0.2, -0.15) is 0 Å². The topological polar surface area (TPSA) is 80.4 Å². The molecule has 0 atom stereocenters. The molecule has 0 saturated heterocycles. The molecule has 0 amide bonds.